The molecule has 3 heteroatoms. The van der Waals surface area contributed by atoms with Crippen molar-refractivity contribution in [1.29, 1.82) is 0 Å². The molecule has 0 saturated heterocycles. The Hall–Kier alpha value is -1.25. The van der Waals surface area contributed by atoms with Crippen molar-refractivity contribution in [2.24, 2.45) is 0 Å². The zero-order valence-electron chi connectivity index (χ0n) is 10.8. The van der Waals surface area contributed by atoms with E-state index in [2.05, 4.69) is 6.92 Å². The number of halogens is 2. The molecule has 0 unspecified atom stereocenters. The summed E-state index contributed by atoms with van der Waals surface area (Å²) in [7, 11) is 0. The maximum atomic E-state index is 13.3. The smallest absolute Gasteiger partial charge is 0.165 e. The SMILES string of the molecule is CCCCCCCCC(=O)c1cc(F)ccc1F. The van der Waals surface area contributed by atoms with E-state index in [4.69, 9.17) is 0 Å². The molecule has 0 heterocycles. The molecule has 18 heavy (non-hydrogen) atoms. The standard InChI is InChI=1S/C15H20F2O/c1-2-3-4-5-6-7-8-15(18)13-11-12(16)9-10-14(13)17/h9-11H,2-8H2,1H3. The summed E-state index contributed by atoms with van der Waals surface area (Å²) in [6.45, 7) is 2.15. The lowest BCUT2D eigenvalue weighted by Gasteiger charge is -2.03. The van der Waals surface area contributed by atoms with Crippen LogP contribution < -0.4 is 0 Å². The van der Waals surface area contributed by atoms with Crippen molar-refractivity contribution in [3.8, 4) is 0 Å². The second kappa shape index (κ2) is 7.96. The summed E-state index contributed by atoms with van der Waals surface area (Å²) >= 11 is 0. The van der Waals surface area contributed by atoms with Gasteiger partial charge in [-0.2, -0.15) is 0 Å². The van der Waals surface area contributed by atoms with Gasteiger partial charge in [0.2, 0.25) is 0 Å². The van der Waals surface area contributed by atoms with E-state index < -0.39 is 11.6 Å². The molecule has 0 aromatic heterocycles. The second-order valence-electron chi connectivity index (χ2n) is 4.57. The van der Waals surface area contributed by atoms with Crippen LogP contribution in [0.1, 0.15) is 62.2 Å². The fourth-order valence-electron chi connectivity index (χ4n) is 1.91. The molecule has 0 aliphatic heterocycles. The van der Waals surface area contributed by atoms with Gasteiger partial charge in [0.25, 0.3) is 0 Å². The normalized spacial score (nSPS) is 10.6. The third-order valence-corrected chi connectivity index (χ3v) is 2.99. The molecule has 0 amide bonds. The lowest BCUT2D eigenvalue weighted by Crippen LogP contribution is -2.03. The van der Waals surface area contributed by atoms with Gasteiger partial charge < -0.3 is 0 Å². The molecule has 0 aliphatic carbocycles. The molecule has 100 valence electrons. The highest BCUT2D eigenvalue weighted by Gasteiger charge is 2.12. The number of ketones is 1. The van der Waals surface area contributed by atoms with Gasteiger partial charge in [0.15, 0.2) is 5.78 Å². The van der Waals surface area contributed by atoms with E-state index in [0.29, 0.717) is 6.42 Å². The number of rotatable bonds is 8. The highest BCUT2D eigenvalue weighted by atomic mass is 19.1. The number of unbranched alkanes of at least 4 members (excludes halogenated alkanes) is 5. The van der Waals surface area contributed by atoms with Crippen LogP contribution in [0.5, 0.6) is 0 Å². The Morgan fingerprint density at radius 3 is 2.44 bits per heavy atom. The van der Waals surface area contributed by atoms with Crippen molar-refractivity contribution < 1.29 is 13.6 Å². The molecule has 0 spiro atoms. The average molecular weight is 254 g/mol. The van der Waals surface area contributed by atoms with Crippen molar-refractivity contribution in [3.63, 3.8) is 0 Å². The molecule has 0 fully saturated rings. The number of hydrogen-bond acceptors (Lipinski definition) is 1. The monoisotopic (exact) mass is 254 g/mol. The van der Waals surface area contributed by atoms with Gasteiger partial charge in [-0.25, -0.2) is 8.78 Å². The van der Waals surface area contributed by atoms with Gasteiger partial charge >= 0.3 is 0 Å². The van der Waals surface area contributed by atoms with E-state index >= 15 is 0 Å². The van der Waals surface area contributed by atoms with Crippen molar-refractivity contribution >= 4 is 5.78 Å². The maximum absolute atomic E-state index is 13.3. The third kappa shape index (κ3) is 4.94. The molecular formula is C15H20F2O. The van der Waals surface area contributed by atoms with Crippen LogP contribution in [-0.4, -0.2) is 5.78 Å². The highest BCUT2D eigenvalue weighted by molar-refractivity contribution is 5.96. The van der Waals surface area contributed by atoms with Gasteiger partial charge in [0.05, 0.1) is 5.56 Å². The molecule has 0 atom stereocenters. The van der Waals surface area contributed by atoms with E-state index in [0.717, 1.165) is 37.5 Å². The van der Waals surface area contributed by atoms with Gasteiger partial charge in [0.1, 0.15) is 11.6 Å². The van der Waals surface area contributed by atoms with Gasteiger partial charge in [-0.05, 0) is 24.6 Å². The fraction of sp³-hybridized carbons (Fsp3) is 0.533. The molecule has 0 aliphatic rings. The minimum Gasteiger partial charge on any atom is -0.294 e. The summed E-state index contributed by atoms with van der Waals surface area (Å²) in [4.78, 5) is 11.7. The maximum Gasteiger partial charge on any atom is 0.165 e. The Morgan fingerprint density at radius 1 is 1.06 bits per heavy atom. The predicted octanol–water partition coefficient (Wildman–Crippen LogP) is 4.90. The quantitative estimate of drug-likeness (QED) is 0.476. The minimum absolute atomic E-state index is 0.122. The van der Waals surface area contributed by atoms with Gasteiger partial charge in [0, 0.05) is 6.42 Å². The third-order valence-electron chi connectivity index (χ3n) is 2.99. The summed E-state index contributed by atoms with van der Waals surface area (Å²) < 4.78 is 26.2. The summed E-state index contributed by atoms with van der Waals surface area (Å²) in [5.74, 6) is -1.50. The fourth-order valence-corrected chi connectivity index (χ4v) is 1.91. The number of hydrogen-bond donors (Lipinski definition) is 0. The molecule has 0 bridgehead atoms. The number of Topliss-reactive ketones (excluding diaryl/α,β-unsaturated/α-hetero) is 1. The van der Waals surface area contributed by atoms with E-state index in [1.54, 1.807) is 0 Å². The van der Waals surface area contributed by atoms with Crippen molar-refractivity contribution in [2.45, 2.75) is 51.9 Å². The summed E-state index contributed by atoms with van der Waals surface area (Å²) in [6, 6.07) is 3.01. The van der Waals surface area contributed by atoms with Crippen LogP contribution in [0.2, 0.25) is 0 Å². The van der Waals surface area contributed by atoms with Gasteiger partial charge in [-0.15, -0.1) is 0 Å². The lowest BCUT2D eigenvalue weighted by atomic mass is 10.0. The van der Waals surface area contributed by atoms with E-state index in [1.807, 2.05) is 0 Å². The molecular weight excluding hydrogens is 234 g/mol. The Kier molecular flexibility index (Phi) is 6.55. The molecule has 1 aromatic rings. The Labute approximate surface area is 107 Å². The van der Waals surface area contributed by atoms with Crippen LogP contribution in [0, 0.1) is 11.6 Å². The van der Waals surface area contributed by atoms with Crippen molar-refractivity contribution in [2.75, 3.05) is 0 Å². The van der Waals surface area contributed by atoms with Crippen LogP contribution in [-0.2, 0) is 0 Å². The first-order valence-electron chi connectivity index (χ1n) is 6.63. The first-order valence-corrected chi connectivity index (χ1v) is 6.63. The zero-order chi connectivity index (χ0) is 13.4. The number of carbonyl (C=O) groups is 1. The van der Waals surface area contributed by atoms with Crippen LogP contribution in [0.4, 0.5) is 8.78 Å². The Morgan fingerprint density at radius 2 is 1.72 bits per heavy atom. The van der Waals surface area contributed by atoms with E-state index in [9.17, 15) is 13.6 Å². The largest absolute Gasteiger partial charge is 0.294 e. The first-order chi connectivity index (χ1) is 8.65. The summed E-state index contributed by atoms with van der Waals surface area (Å²) in [5, 5.41) is 0. The highest BCUT2D eigenvalue weighted by Crippen LogP contribution is 2.14. The molecule has 0 radical (unpaired) electrons. The topological polar surface area (TPSA) is 17.1 Å². The van der Waals surface area contributed by atoms with Gasteiger partial charge in [-0.3, -0.25) is 4.79 Å². The lowest BCUT2D eigenvalue weighted by molar-refractivity contribution is 0.0974. The van der Waals surface area contributed by atoms with Crippen molar-refractivity contribution in [1.82, 2.24) is 0 Å². The first kappa shape index (κ1) is 14.8. The Balaban J connectivity index is 2.34. The van der Waals surface area contributed by atoms with Crippen LogP contribution in [0.3, 0.4) is 0 Å². The summed E-state index contributed by atoms with van der Waals surface area (Å²) in [5.41, 5.74) is -0.122. The van der Waals surface area contributed by atoms with Gasteiger partial charge in [-0.1, -0.05) is 39.0 Å². The molecule has 1 rings (SSSR count). The number of benzene rings is 1. The van der Waals surface area contributed by atoms with Crippen LogP contribution >= 0.6 is 0 Å². The number of carbonyl (C=O) groups excluding carboxylic acids is 1. The predicted molar refractivity (Wildman–Crippen MR) is 68.7 cm³/mol. The zero-order valence-corrected chi connectivity index (χ0v) is 10.8. The van der Waals surface area contributed by atoms with Crippen LogP contribution in [0.15, 0.2) is 18.2 Å². The molecule has 1 aromatic carbocycles. The van der Waals surface area contributed by atoms with E-state index in [-0.39, 0.29) is 11.3 Å². The second-order valence-corrected chi connectivity index (χ2v) is 4.57. The minimum atomic E-state index is -0.632. The van der Waals surface area contributed by atoms with Crippen molar-refractivity contribution in [3.05, 3.63) is 35.4 Å². The average Bonchev–Trinajstić information content (AvgIpc) is 2.36. The van der Waals surface area contributed by atoms with Crippen LogP contribution in [0.25, 0.3) is 0 Å². The molecule has 1 nitrogen and oxygen atoms in total. The van der Waals surface area contributed by atoms with E-state index in [1.165, 1.54) is 19.3 Å². The molecule has 0 saturated carbocycles. The molecule has 0 N–H and O–H groups in total. The summed E-state index contributed by atoms with van der Waals surface area (Å²) in [6.07, 6.45) is 6.71. The Bertz CT molecular complexity index is 388.